The van der Waals surface area contributed by atoms with Gasteiger partial charge in [-0.05, 0) is 54.6 Å². The van der Waals surface area contributed by atoms with Crippen molar-refractivity contribution in [1.82, 2.24) is 5.32 Å². The zero-order valence-electron chi connectivity index (χ0n) is 12.8. The topological polar surface area (TPSA) is 29.1 Å². The molecule has 1 atom stereocenters. The van der Waals surface area contributed by atoms with Crippen LogP contribution in [0.3, 0.4) is 0 Å². The standard InChI is InChI=1S/C19H19ClFNO/c20-16-7-8-17(18(21)11-16)19(23)10-13-3-5-14(6-4-13)15-2-1-9-22-12-15/h3-8,11,15,22H,1-2,9-10,12H2. The minimum atomic E-state index is -0.563. The summed E-state index contributed by atoms with van der Waals surface area (Å²) in [6.07, 6.45) is 2.59. The van der Waals surface area contributed by atoms with Crippen LogP contribution >= 0.6 is 11.6 Å². The Bertz CT molecular complexity index is 693. The summed E-state index contributed by atoms with van der Waals surface area (Å²) in [7, 11) is 0. The van der Waals surface area contributed by atoms with Crippen LogP contribution in [-0.4, -0.2) is 18.9 Å². The van der Waals surface area contributed by atoms with E-state index in [2.05, 4.69) is 17.4 Å². The van der Waals surface area contributed by atoms with Gasteiger partial charge in [0.2, 0.25) is 0 Å². The van der Waals surface area contributed by atoms with Crippen molar-refractivity contribution >= 4 is 17.4 Å². The van der Waals surface area contributed by atoms with Gasteiger partial charge in [-0.3, -0.25) is 4.79 Å². The number of benzene rings is 2. The predicted octanol–water partition coefficient (Wildman–Crippen LogP) is 4.37. The number of piperidine rings is 1. The molecule has 3 rings (SSSR count). The van der Waals surface area contributed by atoms with Gasteiger partial charge in [-0.25, -0.2) is 4.39 Å². The molecule has 0 radical (unpaired) electrons. The molecule has 1 fully saturated rings. The smallest absolute Gasteiger partial charge is 0.170 e. The Labute approximate surface area is 140 Å². The van der Waals surface area contributed by atoms with Crippen molar-refractivity contribution < 1.29 is 9.18 Å². The average Bonchev–Trinajstić information content (AvgIpc) is 2.56. The van der Waals surface area contributed by atoms with Crippen molar-refractivity contribution in [3.8, 4) is 0 Å². The van der Waals surface area contributed by atoms with E-state index in [1.807, 2.05) is 12.1 Å². The second-order valence-corrected chi connectivity index (χ2v) is 6.45. The van der Waals surface area contributed by atoms with Gasteiger partial charge in [0.15, 0.2) is 5.78 Å². The molecule has 0 saturated carbocycles. The number of hydrogen-bond acceptors (Lipinski definition) is 2. The Kier molecular flexibility index (Phi) is 5.09. The van der Waals surface area contributed by atoms with Crippen LogP contribution in [0.15, 0.2) is 42.5 Å². The minimum Gasteiger partial charge on any atom is -0.316 e. The molecule has 1 aliphatic rings. The molecule has 0 spiro atoms. The van der Waals surface area contributed by atoms with Crippen LogP contribution in [0.2, 0.25) is 5.02 Å². The Morgan fingerprint density at radius 1 is 1.22 bits per heavy atom. The molecule has 1 aliphatic heterocycles. The summed E-state index contributed by atoms with van der Waals surface area (Å²) in [6.45, 7) is 2.10. The molecule has 1 unspecified atom stereocenters. The summed E-state index contributed by atoms with van der Waals surface area (Å²) in [6, 6.07) is 12.3. The highest BCUT2D eigenvalue weighted by Gasteiger charge is 2.16. The fraction of sp³-hybridized carbons (Fsp3) is 0.316. The summed E-state index contributed by atoms with van der Waals surface area (Å²) in [5, 5.41) is 3.70. The highest BCUT2D eigenvalue weighted by atomic mass is 35.5. The largest absolute Gasteiger partial charge is 0.316 e. The molecule has 1 saturated heterocycles. The first kappa shape index (κ1) is 16.2. The second kappa shape index (κ2) is 7.24. The summed E-state index contributed by atoms with van der Waals surface area (Å²) >= 11 is 5.72. The van der Waals surface area contributed by atoms with Crippen molar-refractivity contribution in [3.05, 3.63) is 70.0 Å². The average molecular weight is 332 g/mol. The molecule has 0 aliphatic carbocycles. The van der Waals surface area contributed by atoms with E-state index < -0.39 is 5.82 Å². The number of carbonyl (C=O) groups excluding carboxylic acids is 1. The molecule has 120 valence electrons. The van der Waals surface area contributed by atoms with E-state index >= 15 is 0 Å². The van der Waals surface area contributed by atoms with Crippen molar-refractivity contribution in [1.29, 1.82) is 0 Å². The van der Waals surface area contributed by atoms with Crippen LogP contribution in [0.4, 0.5) is 4.39 Å². The maximum Gasteiger partial charge on any atom is 0.170 e. The van der Waals surface area contributed by atoms with E-state index in [4.69, 9.17) is 11.6 Å². The number of hydrogen-bond donors (Lipinski definition) is 1. The predicted molar refractivity (Wildman–Crippen MR) is 90.7 cm³/mol. The maximum atomic E-state index is 13.8. The van der Waals surface area contributed by atoms with Gasteiger partial charge in [0.05, 0.1) is 5.56 Å². The lowest BCUT2D eigenvalue weighted by molar-refractivity contribution is 0.0989. The molecule has 2 nitrogen and oxygen atoms in total. The Morgan fingerprint density at radius 3 is 2.65 bits per heavy atom. The molecule has 0 aromatic heterocycles. The van der Waals surface area contributed by atoms with Gasteiger partial charge in [0, 0.05) is 18.0 Å². The fourth-order valence-corrected chi connectivity index (χ4v) is 3.20. The van der Waals surface area contributed by atoms with Crippen molar-refractivity contribution in [2.75, 3.05) is 13.1 Å². The number of ketones is 1. The Hall–Kier alpha value is -1.71. The van der Waals surface area contributed by atoms with Crippen LogP contribution in [0.1, 0.15) is 40.2 Å². The van der Waals surface area contributed by atoms with Crippen molar-refractivity contribution in [2.24, 2.45) is 0 Å². The third-order valence-corrected chi connectivity index (χ3v) is 4.58. The second-order valence-electron chi connectivity index (χ2n) is 6.01. The molecule has 23 heavy (non-hydrogen) atoms. The summed E-state index contributed by atoms with van der Waals surface area (Å²) in [5.74, 6) is -0.249. The Morgan fingerprint density at radius 2 is 2.00 bits per heavy atom. The third kappa shape index (κ3) is 3.98. The quantitative estimate of drug-likeness (QED) is 0.843. The lowest BCUT2D eigenvalue weighted by atomic mass is 9.90. The van der Waals surface area contributed by atoms with E-state index in [1.165, 1.54) is 36.6 Å². The van der Waals surface area contributed by atoms with Gasteiger partial charge in [-0.2, -0.15) is 0 Å². The van der Waals surface area contributed by atoms with E-state index in [9.17, 15) is 9.18 Å². The van der Waals surface area contributed by atoms with Crippen LogP contribution in [0.25, 0.3) is 0 Å². The Balaban J connectivity index is 1.69. The van der Waals surface area contributed by atoms with Gasteiger partial charge in [-0.15, -0.1) is 0 Å². The molecule has 0 bridgehead atoms. The minimum absolute atomic E-state index is 0.0926. The zero-order chi connectivity index (χ0) is 16.2. The summed E-state index contributed by atoms with van der Waals surface area (Å²) < 4.78 is 13.8. The molecule has 2 aromatic carbocycles. The fourth-order valence-electron chi connectivity index (χ4n) is 3.04. The van der Waals surface area contributed by atoms with E-state index in [0.29, 0.717) is 10.9 Å². The molecule has 1 N–H and O–H groups in total. The van der Waals surface area contributed by atoms with Gasteiger partial charge in [0.25, 0.3) is 0 Å². The van der Waals surface area contributed by atoms with Gasteiger partial charge >= 0.3 is 0 Å². The van der Waals surface area contributed by atoms with Crippen LogP contribution < -0.4 is 5.32 Å². The molecular formula is C19H19ClFNO. The summed E-state index contributed by atoms with van der Waals surface area (Å²) in [5.41, 5.74) is 2.29. The lowest BCUT2D eigenvalue weighted by Gasteiger charge is -2.23. The molecule has 2 aromatic rings. The number of carbonyl (C=O) groups is 1. The number of rotatable bonds is 4. The van der Waals surface area contributed by atoms with Crippen LogP contribution in [0.5, 0.6) is 0 Å². The maximum absolute atomic E-state index is 13.8. The van der Waals surface area contributed by atoms with Crippen LogP contribution in [-0.2, 0) is 6.42 Å². The number of nitrogens with one attached hydrogen (secondary N) is 1. The SMILES string of the molecule is O=C(Cc1ccc(C2CCCNC2)cc1)c1ccc(Cl)cc1F. The van der Waals surface area contributed by atoms with E-state index in [-0.39, 0.29) is 17.8 Å². The van der Waals surface area contributed by atoms with Crippen LogP contribution in [0, 0.1) is 5.82 Å². The van der Waals surface area contributed by atoms with Gasteiger partial charge < -0.3 is 5.32 Å². The monoisotopic (exact) mass is 331 g/mol. The normalized spacial score (nSPS) is 17.9. The van der Waals surface area contributed by atoms with E-state index in [1.54, 1.807) is 0 Å². The number of halogens is 2. The lowest BCUT2D eigenvalue weighted by Crippen LogP contribution is -2.28. The first-order valence-electron chi connectivity index (χ1n) is 7.91. The van der Waals surface area contributed by atoms with Crippen molar-refractivity contribution in [3.63, 3.8) is 0 Å². The molecular weight excluding hydrogens is 313 g/mol. The first-order valence-corrected chi connectivity index (χ1v) is 8.29. The highest BCUT2D eigenvalue weighted by molar-refractivity contribution is 6.30. The molecule has 4 heteroatoms. The zero-order valence-corrected chi connectivity index (χ0v) is 13.6. The highest BCUT2D eigenvalue weighted by Crippen LogP contribution is 2.24. The third-order valence-electron chi connectivity index (χ3n) is 4.34. The first-order chi connectivity index (χ1) is 11.1. The van der Waals surface area contributed by atoms with Gasteiger partial charge in [0.1, 0.15) is 5.82 Å². The summed E-state index contributed by atoms with van der Waals surface area (Å²) in [4.78, 5) is 12.2. The van der Waals surface area contributed by atoms with Crippen molar-refractivity contribution in [2.45, 2.75) is 25.2 Å². The molecule has 1 heterocycles. The number of Topliss-reactive ketones (excluding diaryl/α,β-unsaturated/α-hetero) is 1. The van der Waals surface area contributed by atoms with E-state index in [0.717, 1.165) is 18.7 Å². The van der Waals surface area contributed by atoms with Gasteiger partial charge in [-0.1, -0.05) is 35.9 Å². The molecule has 0 amide bonds.